The standard InChI is InChI=1S/C16H30N2/c1-12(2)3-6-15(13-4-5-13)17-16-11-18-9-7-14(16)8-10-18/h12-17H,3-11H2,1-2H3. The predicted octanol–water partition coefficient (Wildman–Crippen LogP) is 2.89. The third-order valence-electron chi connectivity index (χ3n) is 5.33. The summed E-state index contributed by atoms with van der Waals surface area (Å²) >= 11 is 0. The molecule has 4 aliphatic rings. The topological polar surface area (TPSA) is 15.3 Å². The van der Waals surface area contributed by atoms with Crippen LogP contribution in [0.5, 0.6) is 0 Å². The number of rotatable bonds is 6. The van der Waals surface area contributed by atoms with Gasteiger partial charge in [0.25, 0.3) is 0 Å². The average molecular weight is 250 g/mol. The van der Waals surface area contributed by atoms with Crippen LogP contribution in [0.25, 0.3) is 0 Å². The second-order valence-electron chi connectivity index (χ2n) is 7.33. The summed E-state index contributed by atoms with van der Waals surface area (Å²) in [5, 5.41) is 4.06. The van der Waals surface area contributed by atoms with Crippen LogP contribution < -0.4 is 5.32 Å². The Balaban J connectivity index is 1.52. The molecule has 2 unspecified atom stereocenters. The molecule has 2 atom stereocenters. The Morgan fingerprint density at radius 3 is 2.28 bits per heavy atom. The maximum atomic E-state index is 4.06. The van der Waals surface area contributed by atoms with E-state index < -0.39 is 0 Å². The molecule has 2 heteroatoms. The first-order chi connectivity index (χ1) is 8.72. The molecule has 0 aromatic rings. The molecule has 0 amide bonds. The van der Waals surface area contributed by atoms with Crippen molar-refractivity contribution in [3.8, 4) is 0 Å². The van der Waals surface area contributed by atoms with E-state index in [0.29, 0.717) is 0 Å². The molecule has 1 saturated carbocycles. The van der Waals surface area contributed by atoms with Crippen LogP contribution in [0.4, 0.5) is 0 Å². The molecule has 4 fully saturated rings. The summed E-state index contributed by atoms with van der Waals surface area (Å²) in [4.78, 5) is 2.67. The molecule has 104 valence electrons. The number of nitrogens with one attached hydrogen (secondary N) is 1. The zero-order valence-electron chi connectivity index (χ0n) is 12.2. The van der Waals surface area contributed by atoms with Gasteiger partial charge in [0.1, 0.15) is 0 Å². The summed E-state index contributed by atoms with van der Waals surface area (Å²) in [5.74, 6) is 2.86. The van der Waals surface area contributed by atoms with Crippen LogP contribution in [-0.2, 0) is 0 Å². The average Bonchev–Trinajstić information content (AvgIpc) is 3.20. The first-order valence-corrected chi connectivity index (χ1v) is 8.21. The smallest absolute Gasteiger partial charge is 0.0226 e. The van der Waals surface area contributed by atoms with Gasteiger partial charge in [0.2, 0.25) is 0 Å². The van der Waals surface area contributed by atoms with Crippen molar-refractivity contribution in [3.63, 3.8) is 0 Å². The fourth-order valence-electron chi connectivity index (χ4n) is 3.90. The largest absolute Gasteiger partial charge is 0.309 e. The van der Waals surface area contributed by atoms with Gasteiger partial charge in [-0.1, -0.05) is 13.8 Å². The van der Waals surface area contributed by atoms with E-state index in [-0.39, 0.29) is 0 Å². The van der Waals surface area contributed by atoms with Gasteiger partial charge in [-0.05, 0) is 69.4 Å². The van der Waals surface area contributed by atoms with E-state index in [0.717, 1.165) is 29.8 Å². The molecule has 2 nitrogen and oxygen atoms in total. The van der Waals surface area contributed by atoms with Gasteiger partial charge < -0.3 is 10.2 Å². The molecule has 1 aliphatic carbocycles. The van der Waals surface area contributed by atoms with E-state index >= 15 is 0 Å². The van der Waals surface area contributed by atoms with Crippen molar-refractivity contribution in [2.24, 2.45) is 17.8 Å². The summed E-state index contributed by atoms with van der Waals surface area (Å²) in [6.45, 7) is 8.78. The lowest BCUT2D eigenvalue weighted by Crippen LogP contribution is -2.58. The molecule has 0 spiro atoms. The Kier molecular flexibility index (Phi) is 3.95. The van der Waals surface area contributed by atoms with E-state index in [1.807, 2.05) is 0 Å². The fraction of sp³-hybridized carbons (Fsp3) is 1.00. The van der Waals surface area contributed by atoms with Crippen molar-refractivity contribution in [1.29, 1.82) is 0 Å². The van der Waals surface area contributed by atoms with Gasteiger partial charge in [-0.25, -0.2) is 0 Å². The van der Waals surface area contributed by atoms with Crippen molar-refractivity contribution in [2.75, 3.05) is 19.6 Å². The van der Waals surface area contributed by atoms with Crippen LogP contribution in [0.15, 0.2) is 0 Å². The lowest BCUT2D eigenvalue weighted by molar-refractivity contribution is 0.0643. The molecule has 1 N–H and O–H groups in total. The number of fused-ring (bicyclic) bond motifs is 3. The minimum atomic E-state index is 0.810. The minimum Gasteiger partial charge on any atom is -0.309 e. The molecule has 18 heavy (non-hydrogen) atoms. The molecule has 4 rings (SSSR count). The lowest BCUT2D eigenvalue weighted by Gasteiger charge is -2.46. The van der Waals surface area contributed by atoms with Crippen molar-refractivity contribution < 1.29 is 0 Å². The molecule has 2 bridgehead atoms. The number of piperidine rings is 3. The summed E-state index contributed by atoms with van der Waals surface area (Å²) < 4.78 is 0. The van der Waals surface area contributed by atoms with E-state index in [1.54, 1.807) is 0 Å². The van der Waals surface area contributed by atoms with Gasteiger partial charge in [-0.2, -0.15) is 0 Å². The molecule has 3 aliphatic heterocycles. The minimum absolute atomic E-state index is 0.810. The maximum absolute atomic E-state index is 4.06. The third kappa shape index (κ3) is 3.08. The van der Waals surface area contributed by atoms with Crippen molar-refractivity contribution in [1.82, 2.24) is 10.2 Å². The number of hydrogen-bond acceptors (Lipinski definition) is 2. The Bertz CT molecular complexity index is 264. The van der Waals surface area contributed by atoms with Crippen LogP contribution in [0.3, 0.4) is 0 Å². The van der Waals surface area contributed by atoms with Crippen molar-refractivity contribution >= 4 is 0 Å². The Labute approximate surface area is 113 Å². The van der Waals surface area contributed by atoms with E-state index in [9.17, 15) is 0 Å². The maximum Gasteiger partial charge on any atom is 0.0226 e. The van der Waals surface area contributed by atoms with Gasteiger partial charge in [-0.15, -0.1) is 0 Å². The van der Waals surface area contributed by atoms with Crippen LogP contribution >= 0.6 is 0 Å². The van der Waals surface area contributed by atoms with Gasteiger partial charge in [0.05, 0.1) is 0 Å². The second-order valence-corrected chi connectivity index (χ2v) is 7.33. The second kappa shape index (κ2) is 5.50. The van der Waals surface area contributed by atoms with Crippen molar-refractivity contribution in [3.05, 3.63) is 0 Å². The number of nitrogens with zero attached hydrogens (tertiary/aromatic N) is 1. The molecule has 0 aromatic carbocycles. The van der Waals surface area contributed by atoms with Crippen LogP contribution in [0.2, 0.25) is 0 Å². The predicted molar refractivity (Wildman–Crippen MR) is 76.7 cm³/mol. The highest BCUT2D eigenvalue weighted by atomic mass is 15.2. The molecule has 0 radical (unpaired) electrons. The van der Waals surface area contributed by atoms with Crippen LogP contribution in [0.1, 0.15) is 52.4 Å². The highest BCUT2D eigenvalue weighted by Gasteiger charge is 2.38. The van der Waals surface area contributed by atoms with E-state index in [4.69, 9.17) is 0 Å². The van der Waals surface area contributed by atoms with E-state index in [1.165, 1.54) is 58.2 Å². The van der Waals surface area contributed by atoms with Gasteiger partial charge in [0, 0.05) is 18.6 Å². The van der Waals surface area contributed by atoms with Gasteiger partial charge in [-0.3, -0.25) is 0 Å². The van der Waals surface area contributed by atoms with Gasteiger partial charge in [0.15, 0.2) is 0 Å². The molecule has 0 aromatic heterocycles. The molecular weight excluding hydrogens is 220 g/mol. The zero-order valence-corrected chi connectivity index (χ0v) is 12.2. The molecule has 3 heterocycles. The lowest BCUT2D eigenvalue weighted by atomic mass is 9.83. The third-order valence-corrected chi connectivity index (χ3v) is 5.33. The fourth-order valence-corrected chi connectivity index (χ4v) is 3.90. The quantitative estimate of drug-likeness (QED) is 0.780. The van der Waals surface area contributed by atoms with Gasteiger partial charge >= 0.3 is 0 Å². The molecular formula is C16H30N2. The number of hydrogen-bond donors (Lipinski definition) is 1. The highest BCUT2D eigenvalue weighted by Crippen LogP contribution is 2.37. The summed E-state index contributed by atoms with van der Waals surface area (Å²) in [7, 11) is 0. The Morgan fingerprint density at radius 2 is 1.78 bits per heavy atom. The summed E-state index contributed by atoms with van der Waals surface area (Å²) in [6.07, 6.45) is 8.66. The van der Waals surface area contributed by atoms with Crippen molar-refractivity contribution in [2.45, 2.75) is 64.5 Å². The Hall–Kier alpha value is -0.0800. The monoisotopic (exact) mass is 250 g/mol. The SMILES string of the molecule is CC(C)CCC(NC1CN2CCC1CC2)C1CC1. The normalized spacial score (nSPS) is 37.2. The van der Waals surface area contributed by atoms with E-state index in [2.05, 4.69) is 24.1 Å². The zero-order chi connectivity index (χ0) is 12.5. The summed E-state index contributed by atoms with van der Waals surface area (Å²) in [6, 6.07) is 1.64. The Morgan fingerprint density at radius 1 is 1.06 bits per heavy atom. The van der Waals surface area contributed by atoms with Crippen LogP contribution in [-0.4, -0.2) is 36.6 Å². The summed E-state index contributed by atoms with van der Waals surface area (Å²) in [5.41, 5.74) is 0. The molecule has 3 saturated heterocycles. The first kappa shape index (κ1) is 12.9. The first-order valence-electron chi connectivity index (χ1n) is 8.21. The van der Waals surface area contributed by atoms with Crippen LogP contribution in [0, 0.1) is 17.8 Å². The highest BCUT2D eigenvalue weighted by molar-refractivity contribution is 4.95.